The Balaban J connectivity index is 2.35. The zero-order chi connectivity index (χ0) is 14.6. The molecule has 0 heterocycles. The van der Waals surface area contributed by atoms with Crippen LogP contribution in [0.3, 0.4) is 0 Å². The van der Waals surface area contributed by atoms with Crippen LogP contribution in [0.1, 0.15) is 6.92 Å². The zero-order valence-corrected chi connectivity index (χ0v) is 11.9. The van der Waals surface area contributed by atoms with Crippen molar-refractivity contribution in [2.45, 2.75) is 11.8 Å². The van der Waals surface area contributed by atoms with Crippen LogP contribution in [-0.4, -0.2) is 15.0 Å². The predicted molar refractivity (Wildman–Crippen MR) is 81.4 cm³/mol. The highest BCUT2D eigenvalue weighted by molar-refractivity contribution is 7.89. The van der Waals surface area contributed by atoms with Gasteiger partial charge in [0, 0.05) is 12.2 Å². The Morgan fingerprint density at radius 3 is 2.45 bits per heavy atom. The van der Waals surface area contributed by atoms with Crippen molar-refractivity contribution in [2.24, 2.45) is 0 Å². The summed E-state index contributed by atoms with van der Waals surface area (Å²) < 4.78 is 26.4. The van der Waals surface area contributed by atoms with Crippen molar-refractivity contribution in [1.82, 2.24) is 4.72 Å². The summed E-state index contributed by atoms with van der Waals surface area (Å²) in [5.74, 6) is 0. The standard InChI is InChI=1S/C14H17N3O2S/c1-2-16-20(18,19)12-8-9-13(15)14(10-12)17-11-6-4-3-5-7-11/h3-10,16-17H,2,15H2,1H3. The molecule has 0 fully saturated rings. The summed E-state index contributed by atoms with van der Waals surface area (Å²) in [5, 5.41) is 3.11. The molecule has 0 amide bonds. The van der Waals surface area contributed by atoms with Crippen molar-refractivity contribution in [1.29, 1.82) is 0 Å². The monoisotopic (exact) mass is 291 g/mol. The van der Waals surface area contributed by atoms with E-state index in [9.17, 15) is 8.42 Å². The molecule has 0 aliphatic carbocycles. The van der Waals surface area contributed by atoms with E-state index < -0.39 is 10.0 Å². The largest absolute Gasteiger partial charge is 0.397 e. The first-order valence-corrected chi connectivity index (χ1v) is 7.72. The van der Waals surface area contributed by atoms with Gasteiger partial charge in [-0.05, 0) is 30.3 Å². The Labute approximate surface area is 118 Å². The highest BCUT2D eigenvalue weighted by atomic mass is 32.2. The third-order valence-corrected chi connectivity index (χ3v) is 4.27. The van der Waals surface area contributed by atoms with Crippen molar-refractivity contribution in [3.8, 4) is 0 Å². The van der Waals surface area contributed by atoms with Crippen molar-refractivity contribution in [3.05, 3.63) is 48.5 Å². The van der Waals surface area contributed by atoms with Gasteiger partial charge >= 0.3 is 0 Å². The van der Waals surface area contributed by atoms with E-state index in [-0.39, 0.29) is 4.90 Å². The maximum absolute atomic E-state index is 12.0. The summed E-state index contributed by atoms with van der Waals surface area (Å²) in [4.78, 5) is 0.187. The third-order valence-electron chi connectivity index (χ3n) is 2.72. The van der Waals surface area contributed by atoms with E-state index >= 15 is 0 Å². The molecule has 0 radical (unpaired) electrons. The molecule has 5 nitrogen and oxygen atoms in total. The van der Waals surface area contributed by atoms with E-state index in [0.29, 0.717) is 17.9 Å². The lowest BCUT2D eigenvalue weighted by atomic mass is 10.2. The molecule has 20 heavy (non-hydrogen) atoms. The van der Waals surface area contributed by atoms with Crippen molar-refractivity contribution >= 4 is 27.1 Å². The minimum Gasteiger partial charge on any atom is -0.397 e. The molecule has 0 saturated heterocycles. The average Bonchev–Trinajstić information content (AvgIpc) is 2.42. The third kappa shape index (κ3) is 3.28. The van der Waals surface area contributed by atoms with Gasteiger partial charge in [-0.25, -0.2) is 13.1 Å². The number of sulfonamides is 1. The molecule has 6 heteroatoms. The lowest BCUT2D eigenvalue weighted by molar-refractivity contribution is 0.584. The van der Waals surface area contributed by atoms with Crippen LogP contribution in [0.15, 0.2) is 53.4 Å². The number of nitrogens with two attached hydrogens (primary N) is 1. The first kappa shape index (κ1) is 14.4. The fourth-order valence-corrected chi connectivity index (χ4v) is 2.83. The SMILES string of the molecule is CCNS(=O)(=O)c1ccc(N)c(Nc2ccccc2)c1. The number of hydrogen-bond donors (Lipinski definition) is 3. The average molecular weight is 291 g/mol. The number of para-hydroxylation sites is 1. The van der Waals surface area contributed by atoms with Gasteiger partial charge in [-0.2, -0.15) is 0 Å². The molecule has 0 saturated carbocycles. The van der Waals surface area contributed by atoms with Crippen LogP contribution >= 0.6 is 0 Å². The van der Waals surface area contributed by atoms with Crippen LogP contribution in [0.25, 0.3) is 0 Å². The van der Waals surface area contributed by atoms with Crippen LogP contribution in [0.2, 0.25) is 0 Å². The molecule has 0 aliphatic heterocycles. The molecular formula is C14H17N3O2S. The molecule has 0 atom stereocenters. The van der Waals surface area contributed by atoms with E-state index in [4.69, 9.17) is 5.73 Å². The van der Waals surface area contributed by atoms with E-state index in [0.717, 1.165) is 5.69 Å². The topological polar surface area (TPSA) is 84.2 Å². The minimum atomic E-state index is -3.49. The van der Waals surface area contributed by atoms with E-state index in [1.807, 2.05) is 30.3 Å². The van der Waals surface area contributed by atoms with Gasteiger partial charge in [-0.1, -0.05) is 25.1 Å². The Bertz CT molecular complexity index is 685. The second-order valence-electron chi connectivity index (χ2n) is 4.24. The maximum atomic E-state index is 12.0. The van der Waals surface area contributed by atoms with Gasteiger partial charge in [0.15, 0.2) is 0 Å². The van der Waals surface area contributed by atoms with Crippen LogP contribution in [-0.2, 0) is 10.0 Å². The van der Waals surface area contributed by atoms with Gasteiger partial charge in [-0.3, -0.25) is 0 Å². The molecule has 2 rings (SSSR count). The molecule has 4 N–H and O–H groups in total. The van der Waals surface area contributed by atoms with Gasteiger partial charge < -0.3 is 11.1 Å². The number of benzene rings is 2. The molecule has 2 aromatic carbocycles. The summed E-state index contributed by atoms with van der Waals surface area (Å²) >= 11 is 0. The van der Waals surface area contributed by atoms with Crippen molar-refractivity contribution < 1.29 is 8.42 Å². The summed E-state index contributed by atoms with van der Waals surface area (Å²) in [6.07, 6.45) is 0. The smallest absolute Gasteiger partial charge is 0.240 e. The quantitative estimate of drug-likeness (QED) is 0.738. The number of rotatable bonds is 5. The van der Waals surface area contributed by atoms with Gasteiger partial charge in [0.05, 0.1) is 16.3 Å². The second-order valence-corrected chi connectivity index (χ2v) is 6.01. The number of nitrogens with one attached hydrogen (secondary N) is 2. The maximum Gasteiger partial charge on any atom is 0.240 e. The normalized spacial score (nSPS) is 11.2. The Morgan fingerprint density at radius 1 is 1.10 bits per heavy atom. The van der Waals surface area contributed by atoms with Crippen LogP contribution in [0.5, 0.6) is 0 Å². The number of hydrogen-bond acceptors (Lipinski definition) is 4. The Hall–Kier alpha value is -2.05. The molecule has 2 aromatic rings. The molecule has 106 valence electrons. The van der Waals surface area contributed by atoms with Gasteiger partial charge in [0.1, 0.15) is 0 Å². The second kappa shape index (κ2) is 5.94. The molecule has 0 aliphatic rings. The highest BCUT2D eigenvalue weighted by Gasteiger charge is 2.14. The molecular weight excluding hydrogens is 274 g/mol. The van der Waals surface area contributed by atoms with E-state index in [1.165, 1.54) is 12.1 Å². The summed E-state index contributed by atoms with van der Waals surface area (Å²) in [5.41, 5.74) is 7.78. The van der Waals surface area contributed by atoms with Crippen LogP contribution in [0.4, 0.5) is 17.1 Å². The van der Waals surface area contributed by atoms with Gasteiger partial charge in [-0.15, -0.1) is 0 Å². The Kier molecular flexibility index (Phi) is 4.26. The Morgan fingerprint density at radius 2 is 1.80 bits per heavy atom. The molecule has 0 spiro atoms. The van der Waals surface area contributed by atoms with E-state index in [2.05, 4.69) is 10.0 Å². The van der Waals surface area contributed by atoms with E-state index in [1.54, 1.807) is 13.0 Å². The number of anilines is 3. The lowest BCUT2D eigenvalue weighted by Gasteiger charge is -2.12. The van der Waals surface area contributed by atoms with Gasteiger partial charge in [0.25, 0.3) is 0 Å². The molecule has 0 bridgehead atoms. The number of nitrogen functional groups attached to an aromatic ring is 1. The van der Waals surface area contributed by atoms with Crippen molar-refractivity contribution in [2.75, 3.05) is 17.6 Å². The van der Waals surface area contributed by atoms with Crippen LogP contribution < -0.4 is 15.8 Å². The minimum absolute atomic E-state index is 0.187. The summed E-state index contributed by atoms with van der Waals surface area (Å²) in [7, 11) is -3.49. The van der Waals surface area contributed by atoms with Gasteiger partial charge in [0.2, 0.25) is 10.0 Å². The fraction of sp³-hybridized carbons (Fsp3) is 0.143. The first-order chi connectivity index (χ1) is 9.53. The first-order valence-electron chi connectivity index (χ1n) is 6.24. The lowest BCUT2D eigenvalue weighted by Crippen LogP contribution is -2.23. The summed E-state index contributed by atoms with van der Waals surface area (Å²) in [6, 6.07) is 14.0. The molecule has 0 unspecified atom stereocenters. The summed E-state index contributed by atoms with van der Waals surface area (Å²) in [6.45, 7) is 2.08. The predicted octanol–water partition coefficient (Wildman–Crippen LogP) is 2.31. The molecule has 0 aromatic heterocycles. The highest BCUT2D eigenvalue weighted by Crippen LogP contribution is 2.26. The van der Waals surface area contributed by atoms with Crippen molar-refractivity contribution in [3.63, 3.8) is 0 Å². The fourth-order valence-electron chi connectivity index (χ4n) is 1.76. The zero-order valence-electron chi connectivity index (χ0n) is 11.1. The van der Waals surface area contributed by atoms with Crippen LogP contribution in [0, 0.1) is 0 Å².